The Morgan fingerprint density at radius 1 is 1.00 bits per heavy atom. The Balaban J connectivity index is 4.34. The number of carbonyl (C=O) groups excluding carboxylic acids is 2. The van der Waals surface area contributed by atoms with Gasteiger partial charge in [-0.05, 0) is 6.92 Å². The second-order valence-electron chi connectivity index (χ2n) is 2.06. The van der Waals surface area contributed by atoms with Crippen molar-refractivity contribution in [3.05, 3.63) is 0 Å². The molecule has 0 saturated heterocycles. The van der Waals surface area contributed by atoms with E-state index in [1.54, 1.807) is 0 Å². The van der Waals surface area contributed by atoms with Gasteiger partial charge >= 0.3 is 11.9 Å². The van der Waals surface area contributed by atoms with Crippen molar-refractivity contribution in [1.29, 1.82) is 0 Å². The summed E-state index contributed by atoms with van der Waals surface area (Å²) in [6.45, 7) is 1.12. The molecule has 0 rings (SSSR count). The largest absolute Gasteiger partial charge is 0.388 e. The summed E-state index contributed by atoms with van der Waals surface area (Å²) in [6.07, 6.45) is 0. The van der Waals surface area contributed by atoms with E-state index < -0.39 is 20.1 Å². The van der Waals surface area contributed by atoms with E-state index in [0.29, 0.717) is 0 Å². The number of halogens is 5. The minimum absolute atomic E-state index is 1.12. The van der Waals surface area contributed by atoms with Crippen molar-refractivity contribution >= 4 is 69.9 Å². The van der Waals surface area contributed by atoms with Gasteiger partial charge in [-0.1, -0.05) is 58.0 Å². The van der Waals surface area contributed by atoms with Gasteiger partial charge in [0.1, 0.15) is 0 Å². The maximum Gasteiger partial charge on any atom is 0.366 e. The molecule has 0 aromatic carbocycles. The van der Waals surface area contributed by atoms with Crippen molar-refractivity contribution in [1.82, 2.24) is 0 Å². The number of hydrogen-bond acceptors (Lipinski definition) is 3. The van der Waals surface area contributed by atoms with E-state index in [1.807, 2.05) is 0 Å². The molecule has 13 heavy (non-hydrogen) atoms. The van der Waals surface area contributed by atoms with Crippen molar-refractivity contribution in [2.45, 2.75) is 15.0 Å². The molecule has 76 valence electrons. The van der Waals surface area contributed by atoms with Gasteiger partial charge in [0, 0.05) is 0 Å². The first kappa shape index (κ1) is 13.6. The van der Waals surface area contributed by atoms with Crippen molar-refractivity contribution < 1.29 is 14.3 Å². The molecule has 0 aromatic rings. The number of esters is 2. The highest BCUT2D eigenvalue weighted by atomic mass is 35.6. The second kappa shape index (κ2) is 4.41. The monoisotopic (exact) mass is 286 g/mol. The van der Waals surface area contributed by atoms with Crippen LogP contribution >= 0.6 is 58.0 Å². The van der Waals surface area contributed by atoms with Crippen LogP contribution in [-0.2, 0) is 14.3 Å². The molecule has 0 aliphatic heterocycles. The first-order chi connectivity index (χ1) is 5.55. The van der Waals surface area contributed by atoms with Crippen molar-refractivity contribution in [2.24, 2.45) is 0 Å². The van der Waals surface area contributed by atoms with Crippen molar-refractivity contribution in [2.75, 3.05) is 0 Å². The van der Waals surface area contributed by atoms with Gasteiger partial charge in [-0.15, -0.1) is 0 Å². The number of hydrogen-bond donors (Lipinski definition) is 0. The predicted molar refractivity (Wildman–Crippen MR) is 51.5 cm³/mol. The van der Waals surface area contributed by atoms with E-state index in [-0.39, 0.29) is 0 Å². The average molecular weight is 288 g/mol. The van der Waals surface area contributed by atoms with Crippen LogP contribution < -0.4 is 0 Å². The zero-order valence-electron chi connectivity index (χ0n) is 6.11. The summed E-state index contributed by atoms with van der Waals surface area (Å²) < 4.78 is -0.139. The van der Waals surface area contributed by atoms with Crippen LogP contribution in [0, 0.1) is 0 Å². The van der Waals surface area contributed by atoms with Crippen LogP contribution in [0.3, 0.4) is 0 Å². The van der Waals surface area contributed by atoms with E-state index in [9.17, 15) is 9.59 Å². The third-order valence-electron chi connectivity index (χ3n) is 0.775. The average Bonchev–Trinajstić information content (AvgIpc) is 1.82. The van der Waals surface area contributed by atoms with Crippen LogP contribution in [-0.4, -0.2) is 20.1 Å². The standard InChI is InChI=1S/C5H3Cl5O3/c1-4(6,7)2(11)13-3(12)5(8,9)10/h1H3. The molecule has 0 aromatic heterocycles. The number of alkyl halides is 5. The molecule has 8 heteroatoms. The Bertz CT molecular complexity index is 201. The molecular weight excluding hydrogens is 285 g/mol. The molecule has 0 spiro atoms. The topological polar surface area (TPSA) is 43.4 Å². The molecule has 0 amide bonds. The third-order valence-corrected chi connectivity index (χ3v) is 1.55. The van der Waals surface area contributed by atoms with Gasteiger partial charge in [0.15, 0.2) is 0 Å². The molecule has 0 aliphatic carbocycles. The second-order valence-corrected chi connectivity index (χ2v) is 6.05. The lowest BCUT2D eigenvalue weighted by atomic mass is 10.5. The molecule has 0 bridgehead atoms. The van der Waals surface area contributed by atoms with Gasteiger partial charge in [-0.3, -0.25) is 0 Å². The van der Waals surface area contributed by atoms with Gasteiger partial charge in [0.25, 0.3) is 3.79 Å². The van der Waals surface area contributed by atoms with E-state index in [0.717, 1.165) is 6.92 Å². The first-order valence-electron chi connectivity index (χ1n) is 2.76. The summed E-state index contributed by atoms with van der Waals surface area (Å²) in [4.78, 5) is 21.6. The fourth-order valence-corrected chi connectivity index (χ4v) is 0.425. The lowest BCUT2D eigenvalue weighted by Crippen LogP contribution is -2.32. The SMILES string of the molecule is CC(Cl)(Cl)C(=O)OC(=O)C(Cl)(Cl)Cl. The Hall–Kier alpha value is 0.590. The van der Waals surface area contributed by atoms with Crippen molar-refractivity contribution in [3.63, 3.8) is 0 Å². The van der Waals surface area contributed by atoms with E-state index in [1.165, 1.54) is 0 Å². The quantitative estimate of drug-likeness (QED) is 0.423. The number of rotatable bonds is 1. The summed E-state index contributed by atoms with van der Waals surface area (Å²) >= 11 is 25.9. The molecule has 0 unspecified atom stereocenters. The highest BCUT2D eigenvalue weighted by Gasteiger charge is 2.39. The fraction of sp³-hybridized carbons (Fsp3) is 0.600. The molecule has 0 heterocycles. The van der Waals surface area contributed by atoms with Crippen LogP contribution in [0.15, 0.2) is 0 Å². The third kappa shape index (κ3) is 5.13. The summed E-state index contributed by atoms with van der Waals surface area (Å²) in [6, 6.07) is 0. The maximum absolute atomic E-state index is 10.8. The zero-order chi connectivity index (χ0) is 10.9. The molecule has 0 aliphatic rings. The summed E-state index contributed by atoms with van der Waals surface area (Å²) in [7, 11) is 0. The number of carbonyl (C=O) groups is 2. The van der Waals surface area contributed by atoms with E-state index in [2.05, 4.69) is 4.74 Å². The zero-order valence-corrected chi connectivity index (χ0v) is 9.89. The molecule has 0 saturated carbocycles. The smallest absolute Gasteiger partial charge is 0.366 e. The van der Waals surface area contributed by atoms with Crippen LogP contribution in [0.5, 0.6) is 0 Å². The Kier molecular flexibility index (Phi) is 4.61. The van der Waals surface area contributed by atoms with Crippen LogP contribution in [0.25, 0.3) is 0 Å². The molecular formula is C5H3Cl5O3. The first-order valence-corrected chi connectivity index (χ1v) is 4.65. The van der Waals surface area contributed by atoms with Gasteiger partial charge in [-0.25, -0.2) is 9.59 Å². The maximum atomic E-state index is 10.8. The highest BCUT2D eigenvalue weighted by Crippen LogP contribution is 2.29. The Morgan fingerprint density at radius 3 is 1.62 bits per heavy atom. The summed E-state index contributed by atoms with van der Waals surface area (Å²) in [5.41, 5.74) is 0. The van der Waals surface area contributed by atoms with Crippen LogP contribution in [0.2, 0.25) is 0 Å². The van der Waals surface area contributed by atoms with Gasteiger partial charge in [-0.2, -0.15) is 0 Å². The van der Waals surface area contributed by atoms with E-state index >= 15 is 0 Å². The Morgan fingerprint density at radius 2 is 1.38 bits per heavy atom. The molecule has 0 radical (unpaired) electrons. The summed E-state index contributed by atoms with van der Waals surface area (Å²) in [5, 5.41) is 0. The molecule has 0 N–H and O–H groups in total. The summed E-state index contributed by atoms with van der Waals surface area (Å²) in [5.74, 6) is -2.55. The number of ether oxygens (including phenoxy) is 1. The lowest BCUT2D eigenvalue weighted by molar-refractivity contribution is -0.159. The van der Waals surface area contributed by atoms with Gasteiger partial charge in [0.2, 0.25) is 4.33 Å². The minimum atomic E-state index is -2.32. The fourth-order valence-electron chi connectivity index (χ4n) is 0.232. The molecule has 3 nitrogen and oxygen atoms in total. The minimum Gasteiger partial charge on any atom is -0.388 e. The Labute approximate surface area is 99.2 Å². The molecule has 0 atom stereocenters. The van der Waals surface area contributed by atoms with Gasteiger partial charge in [0.05, 0.1) is 0 Å². The van der Waals surface area contributed by atoms with Crippen LogP contribution in [0.1, 0.15) is 6.92 Å². The lowest BCUT2D eigenvalue weighted by Gasteiger charge is -2.13. The highest BCUT2D eigenvalue weighted by molar-refractivity contribution is 6.76. The van der Waals surface area contributed by atoms with Crippen molar-refractivity contribution in [3.8, 4) is 0 Å². The van der Waals surface area contributed by atoms with Crippen LogP contribution in [0.4, 0.5) is 0 Å². The predicted octanol–water partition coefficient (Wildman–Crippen LogP) is 2.62. The molecule has 0 fully saturated rings. The van der Waals surface area contributed by atoms with E-state index in [4.69, 9.17) is 58.0 Å². The van der Waals surface area contributed by atoms with Gasteiger partial charge < -0.3 is 4.74 Å². The normalized spacial score (nSPS) is 12.5.